The summed E-state index contributed by atoms with van der Waals surface area (Å²) in [6.07, 6.45) is 2.65. The zero-order chi connectivity index (χ0) is 14.7. The third-order valence-electron chi connectivity index (χ3n) is 3.28. The van der Waals surface area contributed by atoms with E-state index in [0.717, 1.165) is 16.8 Å². The van der Waals surface area contributed by atoms with Crippen molar-refractivity contribution in [3.63, 3.8) is 0 Å². The number of thiazole rings is 1. The van der Waals surface area contributed by atoms with Gasteiger partial charge in [-0.3, -0.25) is 9.20 Å². The molecule has 5 nitrogen and oxygen atoms in total. The van der Waals surface area contributed by atoms with E-state index in [1.54, 1.807) is 4.40 Å². The van der Waals surface area contributed by atoms with Crippen LogP contribution >= 0.6 is 11.3 Å². The topological polar surface area (TPSA) is 57.8 Å². The maximum atomic E-state index is 11.4. The highest BCUT2D eigenvalue weighted by Gasteiger charge is 2.18. The Morgan fingerprint density at radius 1 is 1.33 bits per heavy atom. The van der Waals surface area contributed by atoms with Crippen molar-refractivity contribution >= 4 is 28.4 Å². The standard InChI is InChI=1S/C15H15N3O2S/c19-8-6-17(10-12-4-2-1-3-5-12)14-13(11-20)18-7-9-21-15(18)16-14/h1-5,7,9,11,19H,6,8,10H2. The van der Waals surface area contributed by atoms with E-state index < -0.39 is 0 Å². The number of anilines is 1. The number of aldehydes is 1. The third-order valence-corrected chi connectivity index (χ3v) is 4.03. The average molecular weight is 301 g/mol. The Kier molecular flexibility index (Phi) is 3.98. The van der Waals surface area contributed by atoms with Crippen molar-refractivity contribution < 1.29 is 9.90 Å². The minimum Gasteiger partial charge on any atom is -0.395 e. The molecule has 0 amide bonds. The first kappa shape index (κ1) is 13.8. The number of carbonyl (C=O) groups is 1. The number of rotatable bonds is 6. The molecule has 6 heteroatoms. The lowest BCUT2D eigenvalue weighted by Gasteiger charge is -2.22. The fraction of sp³-hybridized carbons (Fsp3) is 0.200. The predicted molar refractivity (Wildman–Crippen MR) is 83.0 cm³/mol. The van der Waals surface area contributed by atoms with Crippen LogP contribution in [0.25, 0.3) is 4.96 Å². The van der Waals surface area contributed by atoms with E-state index >= 15 is 0 Å². The minimum atomic E-state index is 0.0102. The Bertz CT molecular complexity index is 736. The summed E-state index contributed by atoms with van der Waals surface area (Å²) in [6.45, 7) is 1.05. The second-order valence-corrected chi connectivity index (χ2v) is 5.50. The molecule has 0 unspecified atom stereocenters. The fourth-order valence-electron chi connectivity index (χ4n) is 2.32. The van der Waals surface area contributed by atoms with Crippen LogP contribution in [0.2, 0.25) is 0 Å². The molecule has 3 aromatic rings. The molecule has 2 aromatic heterocycles. The number of nitrogens with zero attached hydrogens (tertiary/aromatic N) is 3. The number of benzene rings is 1. The van der Waals surface area contributed by atoms with Gasteiger partial charge in [0.1, 0.15) is 5.69 Å². The molecule has 0 aliphatic rings. The summed E-state index contributed by atoms with van der Waals surface area (Å²) in [5.41, 5.74) is 1.63. The molecule has 0 aliphatic heterocycles. The van der Waals surface area contributed by atoms with Gasteiger partial charge in [-0.2, -0.15) is 0 Å². The maximum absolute atomic E-state index is 11.4. The van der Waals surface area contributed by atoms with Crippen molar-refractivity contribution in [3.8, 4) is 0 Å². The van der Waals surface area contributed by atoms with Crippen LogP contribution in [0.1, 0.15) is 16.1 Å². The van der Waals surface area contributed by atoms with Gasteiger partial charge in [-0.1, -0.05) is 30.3 Å². The lowest BCUT2D eigenvalue weighted by Crippen LogP contribution is -2.27. The first-order chi connectivity index (χ1) is 10.3. The van der Waals surface area contributed by atoms with E-state index in [4.69, 9.17) is 0 Å². The van der Waals surface area contributed by atoms with Crippen LogP contribution in [0.15, 0.2) is 41.9 Å². The molecule has 0 saturated heterocycles. The minimum absolute atomic E-state index is 0.0102. The van der Waals surface area contributed by atoms with E-state index in [0.29, 0.717) is 24.6 Å². The van der Waals surface area contributed by atoms with Crippen LogP contribution < -0.4 is 4.90 Å². The van der Waals surface area contributed by atoms with Gasteiger partial charge in [-0.15, -0.1) is 11.3 Å². The Hall–Kier alpha value is -2.18. The SMILES string of the molecule is O=Cc1c(N(CCO)Cc2ccccc2)nc2sccn12. The summed E-state index contributed by atoms with van der Waals surface area (Å²) in [6, 6.07) is 9.94. The molecule has 2 heterocycles. The van der Waals surface area contributed by atoms with Crippen molar-refractivity contribution in [1.82, 2.24) is 9.38 Å². The Labute approximate surface area is 126 Å². The summed E-state index contributed by atoms with van der Waals surface area (Å²) >= 11 is 1.48. The smallest absolute Gasteiger partial charge is 0.196 e. The number of hydrogen-bond donors (Lipinski definition) is 1. The lowest BCUT2D eigenvalue weighted by molar-refractivity contribution is 0.111. The number of aliphatic hydroxyl groups is 1. The molecule has 0 fully saturated rings. The van der Waals surface area contributed by atoms with Gasteiger partial charge in [0.05, 0.1) is 6.61 Å². The first-order valence-corrected chi connectivity index (χ1v) is 7.52. The molecule has 0 atom stereocenters. The highest BCUT2D eigenvalue weighted by atomic mass is 32.1. The van der Waals surface area contributed by atoms with E-state index in [1.165, 1.54) is 11.3 Å². The highest BCUT2D eigenvalue weighted by Crippen LogP contribution is 2.24. The number of hydrogen-bond acceptors (Lipinski definition) is 5. The van der Waals surface area contributed by atoms with Crippen molar-refractivity contribution in [1.29, 1.82) is 0 Å². The molecular formula is C15H15N3O2S. The van der Waals surface area contributed by atoms with Gasteiger partial charge in [0.25, 0.3) is 0 Å². The summed E-state index contributed by atoms with van der Waals surface area (Å²) < 4.78 is 1.78. The van der Waals surface area contributed by atoms with Gasteiger partial charge in [0, 0.05) is 24.7 Å². The second kappa shape index (κ2) is 6.07. The summed E-state index contributed by atoms with van der Waals surface area (Å²) in [7, 11) is 0. The molecule has 0 saturated carbocycles. The van der Waals surface area contributed by atoms with Gasteiger partial charge in [0.2, 0.25) is 0 Å². The molecule has 0 bridgehead atoms. The van der Waals surface area contributed by atoms with Gasteiger partial charge >= 0.3 is 0 Å². The number of aliphatic hydroxyl groups excluding tert-OH is 1. The monoisotopic (exact) mass is 301 g/mol. The van der Waals surface area contributed by atoms with Gasteiger partial charge in [-0.05, 0) is 5.56 Å². The van der Waals surface area contributed by atoms with Crippen molar-refractivity contribution in [2.24, 2.45) is 0 Å². The normalized spacial score (nSPS) is 10.9. The fourth-order valence-corrected chi connectivity index (χ4v) is 3.03. The molecule has 0 aliphatic carbocycles. The molecule has 1 N–H and O–H groups in total. The number of imidazole rings is 1. The van der Waals surface area contributed by atoms with E-state index in [9.17, 15) is 9.90 Å². The summed E-state index contributed by atoms with van der Waals surface area (Å²) in [4.78, 5) is 18.6. The quantitative estimate of drug-likeness (QED) is 0.709. The van der Waals surface area contributed by atoms with Crippen LogP contribution in [0.3, 0.4) is 0 Å². The maximum Gasteiger partial charge on any atom is 0.196 e. The Morgan fingerprint density at radius 2 is 2.14 bits per heavy atom. The van der Waals surface area contributed by atoms with Gasteiger partial charge in [0.15, 0.2) is 17.1 Å². The predicted octanol–water partition coefficient (Wildman–Crippen LogP) is 2.21. The van der Waals surface area contributed by atoms with Crippen LogP contribution in [0.5, 0.6) is 0 Å². The number of aromatic nitrogens is 2. The molecule has 0 spiro atoms. The highest BCUT2D eigenvalue weighted by molar-refractivity contribution is 7.15. The number of fused-ring (bicyclic) bond motifs is 1. The second-order valence-electron chi connectivity index (χ2n) is 4.62. The van der Waals surface area contributed by atoms with Crippen molar-refractivity contribution in [2.45, 2.75) is 6.54 Å². The van der Waals surface area contributed by atoms with Gasteiger partial charge in [-0.25, -0.2) is 4.98 Å². The Balaban J connectivity index is 1.98. The van der Waals surface area contributed by atoms with Crippen LogP contribution in [0.4, 0.5) is 5.82 Å². The largest absolute Gasteiger partial charge is 0.395 e. The van der Waals surface area contributed by atoms with Crippen LogP contribution in [0, 0.1) is 0 Å². The zero-order valence-electron chi connectivity index (χ0n) is 11.3. The third kappa shape index (κ3) is 2.68. The van der Waals surface area contributed by atoms with E-state index in [2.05, 4.69) is 4.98 Å². The molecule has 1 aromatic carbocycles. The average Bonchev–Trinajstić information content (AvgIpc) is 3.08. The van der Waals surface area contributed by atoms with Crippen molar-refractivity contribution in [2.75, 3.05) is 18.1 Å². The molecular weight excluding hydrogens is 286 g/mol. The number of carbonyl (C=O) groups excluding carboxylic acids is 1. The van der Waals surface area contributed by atoms with E-state index in [-0.39, 0.29) is 6.61 Å². The molecule has 21 heavy (non-hydrogen) atoms. The molecule has 108 valence electrons. The molecule has 3 rings (SSSR count). The zero-order valence-corrected chi connectivity index (χ0v) is 12.2. The van der Waals surface area contributed by atoms with E-state index in [1.807, 2.05) is 46.8 Å². The molecule has 0 radical (unpaired) electrons. The van der Waals surface area contributed by atoms with Crippen LogP contribution in [-0.2, 0) is 6.54 Å². The summed E-state index contributed by atoms with van der Waals surface area (Å²) in [5.74, 6) is 0.620. The Morgan fingerprint density at radius 3 is 2.86 bits per heavy atom. The lowest BCUT2D eigenvalue weighted by atomic mass is 10.2. The van der Waals surface area contributed by atoms with Crippen molar-refractivity contribution in [3.05, 3.63) is 53.2 Å². The van der Waals surface area contributed by atoms with Crippen LogP contribution in [-0.4, -0.2) is 33.9 Å². The first-order valence-electron chi connectivity index (χ1n) is 6.64. The van der Waals surface area contributed by atoms with Gasteiger partial charge < -0.3 is 10.0 Å². The summed E-state index contributed by atoms with van der Waals surface area (Å²) in [5, 5.41) is 11.2.